The predicted molar refractivity (Wildman–Crippen MR) is 82.5 cm³/mol. The van der Waals surface area contributed by atoms with Crippen LogP contribution in [0.1, 0.15) is 26.3 Å². The van der Waals surface area contributed by atoms with Gasteiger partial charge in [-0.15, -0.1) is 0 Å². The van der Waals surface area contributed by atoms with E-state index in [4.69, 9.17) is 0 Å². The minimum absolute atomic E-state index is 0.0703. The van der Waals surface area contributed by atoms with Crippen LogP contribution >= 0.6 is 0 Å². The molecule has 132 valence electrons. The molecular formula is C17H14F4N2O2. The maximum absolute atomic E-state index is 13.0. The Bertz CT molecular complexity index is 758. The van der Waals surface area contributed by atoms with Crippen LogP contribution in [0.25, 0.3) is 0 Å². The molecule has 0 atom stereocenters. The Morgan fingerprint density at radius 1 is 0.840 bits per heavy atom. The van der Waals surface area contributed by atoms with Gasteiger partial charge in [0.15, 0.2) is 0 Å². The Kier molecular flexibility index (Phi) is 5.74. The summed E-state index contributed by atoms with van der Waals surface area (Å²) in [4.78, 5) is 23.6. The van der Waals surface area contributed by atoms with Gasteiger partial charge in [0.2, 0.25) is 0 Å². The number of hydrogen-bond donors (Lipinski definition) is 2. The lowest BCUT2D eigenvalue weighted by atomic mass is 10.1. The number of carbonyl (C=O) groups is 2. The third kappa shape index (κ3) is 5.30. The molecule has 2 amide bonds. The first kappa shape index (κ1) is 18.4. The van der Waals surface area contributed by atoms with E-state index in [0.29, 0.717) is 0 Å². The SMILES string of the molecule is O=C(NCCNC(=O)c1cccc(F)c1)c1ccc(C(F)(F)F)cc1. The smallest absolute Gasteiger partial charge is 0.350 e. The Balaban J connectivity index is 1.79. The average Bonchev–Trinajstić information content (AvgIpc) is 2.57. The van der Waals surface area contributed by atoms with Gasteiger partial charge in [0, 0.05) is 24.2 Å². The maximum Gasteiger partial charge on any atom is 0.416 e. The first-order valence-corrected chi connectivity index (χ1v) is 7.26. The molecular weight excluding hydrogens is 340 g/mol. The number of halogens is 4. The Labute approximate surface area is 140 Å². The summed E-state index contributed by atoms with van der Waals surface area (Å²) >= 11 is 0. The standard InChI is InChI=1S/C17H14F4N2O2/c18-14-3-1-2-12(10-14)16(25)23-9-8-22-15(24)11-4-6-13(7-5-11)17(19,20)21/h1-7,10H,8-9H2,(H,22,24)(H,23,25). The zero-order valence-corrected chi connectivity index (χ0v) is 12.9. The van der Waals surface area contributed by atoms with Crippen LogP contribution in [0.3, 0.4) is 0 Å². The van der Waals surface area contributed by atoms with E-state index in [1.165, 1.54) is 18.2 Å². The number of benzene rings is 2. The molecule has 0 aliphatic heterocycles. The maximum atomic E-state index is 13.0. The molecule has 0 saturated heterocycles. The topological polar surface area (TPSA) is 58.2 Å². The summed E-state index contributed by atoms with van der Waals surface area (Å²) in [6, 6.07) is 8.92. The predicted octanol–water partition coefficient (Wildman–Crippen LogP) is 3.00. The molecule has 8 heteroatoms. The lowest BCUT2D eigenvalue weighted by Gasteiger charge is -2.09. The van der Waals surface area contributed by atoms with E-state index in [1.54, 1.807) is 0 Å². The number of amides is 2. The highest BCUT2D eigenvalue weighted by Gasteiger charge is 2.30. The Hall–Kier alpha value is -2.90. The summed E-state index contributed by atoms with van der Waals surface area (Å²) in [7, 11) is 0. The van der Waals surface area contributed by atoms with Crippen LogP contribution in [0.4, 0.5) is 17.6 Å². The van der Waals surface area contributed by atoms with Crippen molar-refractivity contribution in [2.75, 3.05) is 13.1 Å². The van der Waals surface area contributed by atoms with Gasteiger partial charge >= 0.3 is 6.18 Å². The van der Waals surface area contributed by atoms with E-state index in [-0.39, 0.29) is 24.2 Å². The molecule has 2 N–H and O–H groups in total. The molecule has 2 aromatic rings. The lowest BCUT2D eigenvalue weighted by Crippen LogP contribution is -2.34. The van der Waals surface area contributed by atoms with Gasteiger partial charge < -0.3 is 10.6 Å². The molecule has 0 spiro atoms. The van der Waals surface area contributed by atoms with Gasteiger partial charge in [-0.3, -0.25) is 9.59 Å². The van der Waals surface area contributed by atoms with E-state index in [0.717, 1.165) is 30.3 Å². The third-order valence-corrected chi connectivity index (χ3v) is 3.26. The zero-order valence-electron chi connectivity index (χ0n) is 12.9. The van der Waals surface area contributed by atoms with Crippen LogP contribution < -0.4 is 10.6 Å². The molecule has 0 aliphatic rings. The first-order valence-electron chi connectivity index (χ1n) is 7.26. The molecule has 0 radical (unpaired) electrons. The molecule has 0 aromatic heterocycles. The number of nitrogens with one attached hydrogen (secondary N) is 2. The summed E-state index contributed by atoms with van der Waals surface area (Å²) in [5.74, 6) is -1.60. The minimum Gasteiger partial charge on any atom is -0.350 e. The van der Waals surface area contributed by atoms with Crippen LogP contribution in [0, 0.1) is 5.82 Å². The summed E-state index contributed by atoms with van der Waals surface area (Å²) in [6.07, 6.45) is -4.46. The van der Waals surface area contributed by atoms with Crippen LogP contribution in [0.2, 0.25) is 0 Å². The van der Waals surface area contributed by atoms with E-state index in [1.807, 2.05) is 0 Å². The van der Waals surface area contributed by atoms with Crippen molar-refractivity contribution in [1.82, 2.24) is 10.6 Å². The van der Waals surface area contributed by atoms with E-state index in [2.05, 4.69) is 10.6 Å². The summed E-state index contributed by atoms with van der Waals surface area (Å²) in [5, 5.41) is 4.96. The summed E-state index contributed by atoms with van der Waals surface area (Å²) in [6.45, 7) is 0.155. The number of carbonyl (C=O) groups excluding carboxylic acids is 2. The van der Waals surface area contributed by atoms with Crippen molar-refractivity contribution in [1.29, 1.82) is 0 Å². The highest BCUT2D eigenvalue weighted by molar-refractivity contribution is 5.95. The van der Waals surface area contributed by atoms with Gasteiger partial charge in [-0.05, 0) is 42.5 Å². The van der Waals surface area contributed by atoms with Crippen molar-refractivity contribution < 1.29 is 27.2 Å². The van der Waals surface area contributed by atoms with Crippen LogP contribution in [0.5, 0.6) is 0 Å². The van der Waals surface area contributed by atoms with Gasteiger partial charge in [-0.2, -0.15) is 13.2 Å². The summed E-state index contributed by atoms with van der Waals surface area (Å²) in [5.41, 5.74) is -0.620. The molecule has 0 saturated carbocycles. The second kappa shape index (κ2) is 7.78. The molecule has 2 rings (SSSR count). The second-order valence-electron chi connectivity index (χ2n) is 5.10. The van der Waals surface area contributed by atoms with E-state index >= 15 is 0 Å². The largest absolute Gasteiger partial charge is 0.416 e. The van der Waals surface area contributed by atoms with E-state index in [9.17, 15) is 27.2 Å². The van der Waals surface area contributed by atoms with Gasteiger partial charge in [0.05, 0.1) is 5.56 Å². The van der Waals surface area contributed by atoms with Crippen LogP contribution in [-0.4, -0.2) is 24.9 Å². The average molecular weight is 354 g/mol. The van der Waals surface area contributed by atoms with Crippen molar-refractivity contribution >= 4 is 11.8 Å². The van der Waals surface area contributed by atoms with Gasteiger partial charge in [-0.1, -0.05) is 6.07 Å². The molecule has 0 heterocycles. The zero-order chi connectivity index (χ0) is 18.4. The lowest BCUT2D eigenvalue weighted by molar-refractivity contribution is -0.137. The number of hydrogen-bond acceptors (Lipinski definition) is 2. The molecule has 2 aromatic carbocycles. The van der Waals surface area contributed by atoms with E-state index < -0.39 is 29.4 Å². The highest BCUT2D eigenvalue weighted by atomic mass is 19.4. The van der Waals surface area contributed by atoms with Gasteiger partial charge in [-0.25, -0.2) is 4.39 Å². The number of alkyl halides is 3. The van der Waals surface area contributed by atoms with Crippen molar-refractivity contribution in [3.8, 4) is 0 Å². The fourth-order valence-electron chi connectivity index (χ4n) is 2.00. The minimum atomic E-state index is -4.46. The van der Waals surface area contributed by atoms with Gasteiger partial charge in [0.1, 0.15) is 5.82 Å². The third-order valence-electron chi connectivity index (χ3n) is 3.26. The van der Waals surface area contributed by atoms with Crippen molar-refractivity contribution in [3.63, 3.8) is 0 Å². The second-order valence-corrected chi connectivity index (χ2v) is 5.10. The van der Waals surface area contributed by atoms with Crippen molar-refractivity contribution in [2.45, 2.75) is 6.18 Å². The highest BCUT2D eigenvalue weighted by Crippen LogP contribution is 2.29. The van der Waals surface area contributed by atoms with Crippen molar-refractivity contribution in [2.24, 2.45) is 0 Å². The first-order chi connectivity index (χ1) is 11.8. The molecule has 0 aliphatic carbocycles. The molecule has 0 fully saturated rings. The van der Waals surface area contributed by atoms with Gasteiger partial charge in [0.25, 0.3) is 11.8 Å². The van der Waals surface area contributed by atoms with Crippen LogP contribution in [-0.2, 0) is 6.18 Å². The quantitative estimate of drug-likeness (QED) is 0.641. The van der Waals surface area contributed by atoms with Crippen molar-refractivity contribution in [3.05, 3.63) is 71.0 Å². The number of rotatable bonds is 5. The Morgan fingerprint density at radius 3 is 1.92 bits per heavy atom. The fraction of sp³-hybridized carbons (Fsp3) is 0.176. The van der Waals surface area contributed by atoms with Crippen LogP contribution in [0.15, 0.2) is 48.5 Å². The fourth-order valence-corrected chi connectivity index (χ4v) is 2.00. The molecule has 4 nitrogen and oxygen atoms in total. The Morgan fingerprint density at radius 2 is 1.40 bits per heavy atom. The summed E-state index contributed by atoms with van der Waals surface area (Å²) < 4.78 is 50.3. The monoisotopic (exact) mass is 354 g/mol. The molecule has 25 heavy (non-hydrogen) atoms. The molecule has 0 bridgehead atoms. The molecule has 0 unspecified atom stereocenters. The normalized spacial score (nSPS) is 11.0.